The number of carbonyl (C=O) groups is 2. The van der Waals surface area contributed by atoms with E-state index in [1.54, 1.807) is 6.92 Å². The van der Waals surface area contributed by atoms with E-state index in [-0.39, 0.29) is 24.3 Å². The summed E-state index contributed by atoms with van der Waals surface area (Å²) in [6.07, 6.45) is 2.73. The Bertz CT molecular complexity index is 585. The number of rotatable bonds is 3. The predicted octanol–water partition coefficient (Wildman–Crippen LogP) is 0.636. The number of hydrogen-bond acceptors (Lipinski definition) is 5. The van der Waals surface area contributed by atoms with Gasteiger partial charge in [-0.3, -0.25) is 9.59 Å². The molecule has 1 saturated heterocycles. The molecular weight excluding hydrogens is 284 g/mol. The van der Waals surface area contributed by atoms with Crippen LogP contribution < -0.4 is 0 Å². The summed E-state index contributed by atoms with van der Waals surface area (Å²) in [6, 6.07) is 0.210. The van der Waals surface area contributed by atoms with Crippen LogP contribution in [0.3, 0.4) is 0 Å². The predicted molar refractivity (Wildman–Crippen MR) is 77.8 cm³/mol. The molecule has 0 radical (unpaired) electrons. The Morgan fingerprint density at radius 3 is 2.77 bits per heavy atom. The van der Waals surface area contributed by atoms with E-state index in [1.807, 2.05) is 23.9 Å². The van der Waals surface area contributed by atoms with Crippen LogP contribution in [0.15, 0.2) is 4.63 Å². The van der Waals surface area contributed by atoms with Gasteiger partial charge < -0.3 is 9.80 Å². The number of amides is 2. The maximum atomic E-state index is 12.4. The molecule has 120 valence electrons. The van der Waals surface area contributed by atoms with Crippen LogP contribution in [0.1, 0.15) is 30.7 Å². The fourth-order valence-corrected chi connectivity index (χ4v) is 3.69. The second-order valence-electron chi connectivity index (χ2n) is 6.60. The molecule has 1 aromatic rings. The van der Waals surface area contributed by atoms with Crippen molar-refractivity contribution in [2.75, 3.05) is 20.6 Å². The summed E-state index contributed by atoms with van der Waals surface area (Å²) in [7, 11) is 3.71. The van der Waals surface area contributed by atoms with E-state index in [9.17, 15) is 9.59 Å². The summed E-state index contributed by atoms with van der Waals surface area (Å²) >= 11 is 0. The van der Waals surface area contributed by atoms with Gasteiger partial charge in [0.25, 0.3) is 0 Å². The van der Waals surface area contributed by atoms with Crippen LogP contribution in [0, 0.1) is 18.8 Å². The van der Waals surface area contributed by atoms with Crippen LogP contribution in [0.25, 0.3) is 0 Å². The van der Waals surface area contributed by atoms with Crippen LogP contribution in [0.4, 0.5) is 0 Å². The molecule has 0 N–H and O–H groups in total. The van der Waals surface area contributed by atoms with E-state index >= 15 is 0 Å². The van der Waals surface area contributed by atoms with E-state index in [0.717, 1.165) is 19.4 Å². The zero-order chi connectivity index (χ0) is 15.9. The third-order valence-corrected chi connectivity index (χ3v) is 5.19. The SMILES string of the molecule is Cc1nonc1CC(=O)N(C)[C@H]1C[C@H]2CC(=O)N(C)C[C@H]2C1. The quantitative estimate of drug-likeness (QED) is 0.818. The molecule has 0 aromatic carbocycles. The average molecular weight is 306 g/mol. The minimum Gasteiger partial charge on any atom is -0.345 e. The second kappa shape index (κ2) is 5.70. The lowest BCUT2D eigenvalue weighted by Gasteiger charge is -2.31. The number of fused-ring (bicyclic) bond motifs is 1. The summed E-state index contributed by atoms with van der Waals surface area (Å²) in [6.45, 7) is 2.60. The van der Waals surface area contributed by atoms with Crippen molar-refractivity contribution >= 4 is 11.8 Å². The van der Waals surface area contributed by atoms with E-state index in [1.165, 1.54) is 0 Å². The maximum Gasteiger partial charge on any atom is 0.228 e. The molecule has 3 rings (SSSR count). The third kappa shape index (κ3) is 2.71. The second-order valence-corrected chi connectivity index (χ2v) is 6.60. The highest BCUT2D eigenvalue weighted by molar-refractivity contribution is 5.79. The first-order valence-corrected chi connectivity index (χ1v) is 7.73. The summed E-state index contributed by atoms with van der Waals surface area (Å²) < 4.78 is 4.64. The van der Waals surface area contributed by atoms with Gasteiger partial charge >= 0.3 is 0 Å². The molecule has 1 saturated carbocycles. The lowest BCUT2D eigenvalue weighted by molar-refractivity contribution is -0.135. The Balaban J connectivity index is 1.61. The van der Waals surface area contributed by atoms with Gasteiger partial charge in [0.1, 0.15) is 11.4 Å². The number of piperidine rings is 1. The number of aromatic nitrogens is 2. The average Bonchev–Trinajstić information content (AvgIpc) is 3.05. The van der Waals surface area contributed by atoms with Crippen molar-refractivity contribution in [1.29, 1.82) is 0 Å². The molecule has 7 heteroatoms. The molecule has 0 bridgehead atoms. The summed E-state index contributed by atoms with van der Waals surface area (Å²) in [4.78, 5) is 27.9. The van der Waals surface area contributed by atoms with Gasteiger partial charge in [-0.25, -0.2) is 4.63 Å². The molecule has 1 aliphatic carbocycles. The lowest BCUT2D eigenvalue weighted by atomic mass is 9.88. The molecule has 7 nitrogen and oxygen atoms in total. The van der Waals surface area contributed by atoms with Gasteiger partial charge in [-0.15, -0.1) is 0 Å². The first-order valence-electron chi connectivity index (χ1n) is 7.73. The van der Waals surface area contributed by atoms with Gasteiger partial charge in [0, 0.05) is 33.1 Å². The van der Waals surface area contributed by atoms with Crippen molar-refractivity contribution < 1.29 is 14.2 Å². The molecule has 2 heterocycles. The minimum absolute atomic E-state index is 0.0297. The monoisotopic (exact) mass is 306 g/mol. The van der Waals surface area contributed by atoms with Crippen LogP contribution in [-0.4, -0.2) is 58.6 Å². The zero-order valence-corrected chi connectivity index (χ0v) is 13.3. The Morgan fingerprint density at radius 2 is 2.09 bits per heavy atom. The Kier molecular flexibility index (Phi) is 3.88. The Morgan fingerprint density at radius 1 is 1.36 bits per heavy atom. The van der Waals surface area contributed by atoms with Crippen molar-refractivity contribution in [3.63, 3.8) is 0 Å². The number of likely N-dealkylation sites (N-methyl/N-ethyl adjacent to an activating group) is 1. The van der Waals surface area contributed by atoms with Crippen molar-refractivity contribution in [1.82, 2.24) is 20.1 Å². The van der Waals surface area contributed by atoms with E-state index in [4.69, 9.17) is 0 Å². The standard InChI is InChI=1S/C15H22N4O3/c1-9-13(17-22-16-9)7-15(21)19(3)12-4-10-6-14(20)18(2)8-11(10)5-12/h10-12H,4-8H2,1-3H3/t10-,11+,12-/m0/s1. The number of hydrogen-bond donors (Lipinski definition) is 0. The Hall–Kier alpha value is -1.92. The van der Waals surface area contributed by atoms with E-state index < -0.39 is 0 Å². The number of nitrogens with zero attached hydrogens (tertiary/aromatic N) is 4. The molecule has 3 atom stereocenters. The topological polar surface area (TPSA) is 79.5 Å². The molecule has 0 unspecified atom stereocenters. The fourth-order valence-electron chi connectivity index (χ4n) is 3.69. The molecular formula is C15H22N4O3. The van der Waals surface area contributed by atoms with Crippen LogP contribution in [0.2, 0.25) is 0 Å². The van der Waals surface area contributed by atoms with Crippen LogP contribution >= 0.6 is 0 Å². The summed E-state index contributed by atoms with van der Waals surface area (Å²) in [5.41, 5.74) is 1.26. The molecule has 2 aliphatic rings. The van der Waals surface area contributed by atoms with Crippen molar-refractivity contribution in [2.45, 2.75) is 38.6 Å². The first kappa shape index (κ1) is 15.0. The molecule has 1 aromatic heterocycles. The third-order valence-electron chi connectivity index (χ3n) is 5.19. The molecule has 22 heavy (non-hydrogen) atoms. The van der Waals surface area contributed by atoms with Gasteiger partial charge in [0.2, 0.25) is 11.8 Å². The number of carbonyl (C=O) groups excluding carboxylic acids is 2. The van der Waals surface area contributed by atoms with Crippen molar-refractivity contribution in [3.8, 4) is 0 Å². The number of aryl methyl sites for hydroxylation is 1. The van der Waals surface area contributed by atoms with Crippen LogP contribution in [-0.2, 0) is 16.0 Å². The lowest BCUT2D eigenvalue weighted by Crippen LogP contribution is -2.40. The first-order chi connectivity index (χ1) is 10.5. The molecule has 1 aliphatic heterocycles. The highest BCUT2D eigenvalue weighted by Crippen LogP contribution is 2.40. The van der Waals surface area contributed by atoms with Crippen molar-refractivity contribution in [3.05, 3.63) is 11.4 Å². The summed E-state index contributed by atoms with van der Waals surface area (Å²) in [5.74, 6) is 1.18. The van der Waals surface area contributed by atoms with Gasteiger partial charge in [-0.05, 0) is 31.6 Å². The Labute approximate surface area is 129 Å². The minimum atomic E-state index is 0.0297. The zero-order valence-electron chi connectivity index (χ0n) is 13.3. The molecule has 2 amide bonds. The number of likely N-dealkylation sites (tertiary alicyclic amines) is 1. The molecule has 2 fully saturated rings. The van der Waals surface area contributed by atoms with Gasteiger partial charge in [0.15, 0.2) is 0 Å². The summed E-state index contributed by atoms with van der Waals surface area (Å²) in [5, 5.41) is 7.47. The van der Waals surface area contributed by atoms with Gasteiger partial charge in [0.05, 0.1) is 6.42 Å². The maximum absolute atomic E-state index is 12.4. The largest absolute Gasteiger partial charge is 0.345 e. The van der Waals surface area contributed by atoms with Crippen molar-refractivity contribution in [2.24, 2.45) is 11.8 Å². The molecule has 0 spiro atoms. The van der Waals surface area contributed by atoms with Crippen LogP contribution in [0.5, 0.6) is 0 Å². The normalized spacial score (nSPS) is 27.9. The highest BCUT2D eigenvalue weighted by Gasteiger charge is 2.42. The van der Waals surface area contributed by atoms with Gasteiger partial charge in [-0.2, -0.15) is 0 Å². The van der Waals surface area contributed by atoms with E-state index in [0.29, 0.717) is 29.6 Å². The fraction of sp³-hybridized carbons (Fsp3) is 0.733. The van der Waals surface area contributed by atoms with Gasteiger partial charge in [-0.1, -0.05) is 10.3 Å². The smallest absolute Gasteiger partial charge is 0.228 e. The highest BCUT2D eigenvalue weighted by atomic mass is 16.6. The van der Waals surface area contributed by atoms with E-state index in [2.05, 4.69) is 14.9 Å².